The molecular formula is C12H17BrN2. The van der Waals surface area contributed by atoms with Gasteiger partial charge >= 0.3 is 0 Å². The second-order valence-electron chi connectivity index (χ2n) is 4.56. The van der Waals surface area contributed by atoms with Gasteiger partial charge in [0.1, 0.15) is 0 Å². The Bertz CT molecular complexity index is 355. The van der Waals surface area contributed by atoms with Gasteiger partial charge < -0.3 is 10.6 Å². The molecule has 0 aliphatic carbocycles. The van der Waals surface area contributed by atoms with Crippen LogP contribution in [0.15, 0.2) is 22.7 Å². The molecule has 1 fully saturated rings. The predicted molar refractivity (Wildman–Crippen MR) is 69.1 cm³/mol. The number of rotatable bonds is 1. The van der Waals surface area contributed by atoms with Crippen molar-refractivity contribution in [3.05, 3.63) is 22.7 Å². The minimum atomic E-state index is 0.753. The summed E-state index contributed by atoms with van der Waals surface area (Å²) in [7, 11) is 0. The number of hydrogen-bond acceptors (Lipinski definition) is 2. The van der Waals surface area contributed by atoms with Crippen LogP contribution >= 0.6 is 15.9 Å². The third kappa shape index (κ3) is 2.12. The highest BCUT2D eigenvalue weighted by Crippen LogP contribution is 2.33. The van der Waals surface area contributed by atoms with E-state index in [2.05, 4.69) is 40.7 Å². The average Bonchev–Trinajstić information content (AvgIpc) is 2.51. The molecule has 15 heavy (non-hydrogen) atoms. The molecule has 0 amide bonds. The Hall–Kier alpha value is -0.700. The Morgan fingerprint density at radius 3 is 2.47 bits per heavy atom. The molecule has 2 rings (SSSR count). The van der Waals surface area contributed by atoms with Crippen molar-refractivity contribution in [2.45, 2.75) is 13.8 Å². The van der Waals surface area contributed by atoms with E-state index in [4.69, 9.17) is 5.73 Å². The minimum absolute atomic E-state index is 0.753. The molecule has 1 aromatic rings. The average molecular weight is 269 g/mol. The highest BCUT2D eigenvalue weighted by Gasteiger charge is 2.27. The van der Waals surface area contributed by atoms with Crippen molar-refractivity contribution >= 4 is 27.3 Å². The SMILES string of the molecule is CC1CN(c2cc(Br)ccc2N)CC1C. The van der Waals surface area contributed by atoms with Crippen LogP contribution < -0.4 is 10.6 Å². The Kier molecular flexibility index (Phi) is 2.91. The third-order valence-electron chi connectivity index (χ3n) is 3.32. The summed E-state index contributed by atoms with van der Waals surface area (Å²) in [6.45, 7) is 6.83. The molecule has 0 radical (unpaired) electrons. The molecule has 82 valence electrons. The van der Waals surface area contributed by atoms with Crippen LogP contribution in [0.4, 0.5) is 11.4 Å². The molecule has 1 saturated heterocycles. The summed E-state index contributed by atoms with van der Waals surface area (Å²) in [5.41, 5.74) is 8.04. The highest BCUT2D eigenvalue weighted by atomic mass is 79.9. The second-order valence-corrected chi connectivity index (χ2v) is 5.48. The molecule has 2 N–H and O–H groups in total. The van der Waals surface area contributed by atoms with Gasteiger partial charge in [0.05, 0.1) is 11.4 Å². The zero-order valence-corrected chi connectivity index (χ0v) is 10.8. The molecule has 1 aliphatic rings. The van der Waals surface area contributed by atoms with Crippen LogP contribution in [-0.2, 0) is 0 Å². The lowest BCUT2D eigenvalue weighted by atomic mass is 10.0. The van der Waals surface area contributed by atoms with Gasteiger partial charge in [0.25, 0.3) is 0 Å². The van der Waals surface area contributed by atoms with Crippen molar-refractivity contribution in [1.82, 2.24) is 0 Å². The topological polar surface area (TPSA) is 29.3 Å². The Morgan fingerprint density at radius 2 is 1.87 bits per heavy atom. The maximum absolute atomic E-state index is 6.00. The first-order valence-corrected chi connectivity index (χ1v) is 6.17. The Labute approximate surface area is 99.6 Å². The largest absolute Gasteiger partial charge is 0.397 e. The quantitative estimate of drug-likeness (QED) is 0.794. The van der Waals surface area contributed by atoms with Crippen LogP contribution in [0.25, 0.3) is 0 Å². The maximum Gasteiger partial charge on any atom is 0.0611 e. The molecule has 3 heteroatoms. The molecule has 1 aliphatic heterocycles. The van der Waals surface area contributed by atoms with Crippen LogP contribution in [0.1, 0.15) is 13.8 Å². The second kappa shape index (κ2) is 4.05. The summed E-state index contributed by atoms with van der Waals surface area (Å²) in [5.74, 6) is 1.51. The minimum Gasteiger partial charge on any atom is -0.397 e. The predicted octanol–water partition coefficient (Wildman–Crippen LogP) is 3.12. The number of hydrogen-bond donors (Lipinski definition) is 1. The Morgan fingerprint density at radius 1 is 1.27 bits per heavy atom. The first-order chi connectivity index (χ1) is 7.08. The van der Waals surface area contributed by atoms with Gasteiger partial charge in [-0.3, -0.25) is 0 Å². The van der Waals surface area contributed by atoms with E-state index < -0.39 is 0 Å². The van der Waals surface area contributed by atoms with E-state index >= 15 is 0 Å². The van der Waals surface area contributed by atoms with E-state index in [0.29, 0.717) is 0 Å². The molecule has 2 nitrogen and oxygen atoms in total. The molecule has 0 aromatic heterocycles. The van der Waals surface area contributed by atoms with Gasteiger partial charge in [-0.1, -0.05) is 29.8 Å². The normalized spacial score (nSPS) is 25.9. The summed E-state index contributed by atoms with van der Waals surface area (Å²) in [6.07, 6.45) is 0. The first kappa shape index (κ1) is 10.8. The van der Waals surface area contributed by atoms with Gasteiger partial charge in [0.15, 0.2) is 0 Å². The third-order valence-corrected chi connectivity index (χ3v) is 3.81. The fourth-order valence-electron chi connectivity index (χ4n) is 2.12. The Balaban J connectivity index is 2.27. The molecule has 2 atom stereocenters. The number of benzene rings is 1. The van der Waals surface area contributed by atoms with Crippen molar-refractivity contribution in [2.24, 2.45) is 11.8 Å². The maximum atomic E-state index is 6.00. The zero-order valence-electron chi connectivity index (χ0n) is 9.20. The van der Waals surface area contributed by atoms with E-state index in [9.17, 15) is 0 Å². The molecule has 0 bridgehead atoms. The summed E-state index contributed by atoms with van der Waals surface area (Å²) in [5, 5.41) is 0. The van der Waals surface area contributed by atoms with Gasteiger partial charge in [-0.2, -0.15) is 0 Å². The van der Waals surface area contributed by atoms with E-state index in [-0.39, 0.29) is 0 Å². The summed E-state index contributed by atoms with van der Waals surface area (Å²) >= 11 is 3.49. The lowest BCUT2D eigenvalue weighted by molar-refractivity contribution is 0.494. The number of anilines is 2. The zero-order chi connectivity index (χ0) is 11.0. The summed E-state index contributed by atoms with van der Waals surface area (Å²) < 4.78 is 1.10. The molecule has 1 aromatic carbocycles. The van der Waals surface area contributed by atoms with Crippen molar-refractivity contribution in [3.8, 4) is 0 Å². The lowest BCUT2D eigenvalue weighted by Crippen LogP contribution is -2.20. The first-order valence-electron chi connectivity index (χ1n) is 5.38. The fraction of sp³-hybridized carbons (Fsp3) is 0.500. The van der Waals surface area contributed by atoms with Gasteiger partial charge in [0, 0.05) is 17.6 Å². The fourth-order valence-corrected chi connectivity index (χ4v) is 2.47. The van der Waals surface area contributed by atoms with Crippen molar-refractivity contribution < 1.29 is 0 Å². The van der Waals surface area contributed by atoms with E-state index in [1.165, 1.54) is 5.69 Å². The number of nitrogen functional groups attached to an aromatic ring is 1. The smallest absolute Gasteiger partial charge is 0.0611 e. The van der Waals surface area contributed by atoms with E-state index in [1.54, 1.807) is 0 Å². The van der Waals surface area contributed by atoms with Crippen LogP contribution in [0.2, 0.25) is 0 Å². The van der Waals surface area contributed by atoms with E-state index in [0.717, 1.165) is 35.1 Å². The van der Waals surface area contributed by atoms with Crippen molar-refractivity contribution in [2.75, 3.05) is 23.7 Å². The molecule has 0 spiro atoms. The highest BCUT2D eigenvalue weighted by molar-refractivity contribution is 9.10. The number of nitrogens with two attached hydrogens (primary N) is 1. The molecular weight excluding hydrogens is 252 g/mol. The molecule has 0 saturated carbocycles. The number of halogens is 1. The molecule has 2 unspecified atom stereocenters. The van der Waals surface area contributed by atoms with Gasteiger partial charge in [-0.05, 0) is 30.0 Å². The van der Waals surface area contributed by atoms with Crippen molar-refractivity contribution in [1.29, 1.82) is 0 Å². The standard InChI is InChI=1S/C12H17BrN2/c1-8-6-15(7-9(8)2)12-5-10(13)3-4-11(12)14/h3-5,8-9H,6-7,14H2,1-2H3. The van der Waals surface area contributed by atoms with Gasteiger partial charge in [0.2, 0.25) is 0 Å². The van der Waals surface area contributed by atoms with Crippen molar-refractivity contribution in [3.63, 3.8) is 0 Å². The molecule has 1 heterocycles. The lowest BCUT2D eigenvalue weighted by Gasteiger charge is -2.20. The van der Waals surface area contributed by atoms with E-state index in [1.807, 2.05) is 12.1 Å². The summed E-state index contributed by atoms with van der Waals surface area (Å²) in [4.78, 5) is 2.38. The van der Waals surface area contributed by atoms with Crippen LogP contribution in [0.3, 0.4) is 0 Å². The van der Waals surface area contributed by atoms with Gasteiger partial charge in [-0.25, -0.2) is 0 Å². The van der Waals surface area contributed by atoms with Crippen LogP contribution in [0.5, 0.6) is 0 Å². The monoisotopic (exact) mass is 268 g/mol. The van der Waals surface area contributed by atoms with Gasteiger partial charge in [-0.15, -0.1) is 0 Å². The number of nitrogens with zero attached hydrogens (tertiary/aromatic N) is 1. The van der Waals surface area contributed by atoms with Crippen LogP contribution in [-0.4, -0.2) is 13.1 Å². The summed E-state index contributed by atoms with van der Waals surface area (Å²) in [6, 6.07) is 6.06. The van der Waals surface area contributed by atoms with Crippen LogP contribution in [0, 0.1) is 11.8 Å².